The van der Waals surface area contributed by atoms with Gasteiger partial charge in [0.1, 0.15) is 79.9 Å². The van der Waals surface area contributed by atoms with E-state index in [1.807, 2.05) is 0 Å². The number of aliphatic hydroxyl groups excluding tert-OH is 14. The van der Waals surface area contributed by atoms with Crippen LogP contribution < -0.4 is 0 Å². The highest BCUT2D eigenvalue weighted by atomic mass is 16.8. The summed E-state index contributed by atoms with van der Waals surface area (Å²) in [6, 6.07) is 0. The van der Waals surface area contributed by atoms with Gasteiger partial charge < -0.3 is 114 Å². The van der Waals surface area contributed by atoms with Crippen LogP contribution in [0.4, 0.5) is 0 Å². The van der Waals surface area contributed by atoms with Crippen LogP contribution in [0.1, 0.15) is 57.8 Å². The van der Waals surface area contributed by atoms with Gasteiger partial charge in [-0.05, 0) is 63.2 Å². The number of rotatable bonds is 14. The fourth-order valence-electron chi connectivity index (χ4n) is 10.7. The van der Waals surface area contributed by atoms with Gasteiger partial charge in [0.2, 0.25) is 0 Å². The zero-order chi connectivity index (χ0) is 48.4. The van der Waals surface area contributed by atoms with Crippen LogP contribution >= 0.6 is 0 Å². The Morgan fingerprint density at radius 2 is 1.15 bits per heavy atom. The van der Waals surface area contributed by atoms with Gasteiger partial charge in [-0.3, -0.25) is 0 Å². The van der Waals surface area contributed by atoms with Crippen molar-refractivity contribution in [3.05, 3.63) is 12.2 Å². The highest BCUT2D eigenvalue weighted by Gasteiger charge is 2.56. The van der Waals surface area contributed by atoms with Crippen molar-refractivity contribution < 1.29 is 119 Å². The van der Waals surface area contributed by atoms with E-state index in [1.54, 1.807) is 6.08 Å². The number of ether oxygens (including phenoxy) is 9. The maximum Gasteiger partial charge on any atom is 0.330 e. The van der Waals surface area contributed by atoms with Crippen LogP contribution in [0.5, 0.6) is 0 Å². The van der Waals surface area contributed by atoms with Crippen molar-refractivity contribution in [2.45, 2.75) is 205 Å². The predicted molar refractivity (Wildman–Crippen MR) is 218 cm³/mol. The molecule has 7 fully saturated rings. The van der Waals surface area contributed by atoms with Gasteiger partial charge in [-0.15, -0.1) is 0 Å². The molecule has 0 aromatic carbocycles. The molecule has 4 saturated heterocycles. The normalized spacial score (nSPS) is 51.0. The van der Waals surface area contributed by atoms with E-state index in [2.05, 4.69) is 0 Å². The van der Waals surface area contributed by atoms with Crippen molar-refractivity contribution in [1.82, 2.24) is 0 Å². The molecule has 7 rings (SSSR count). The molecule has 27 atom stereocenters. The molecule has 67 heavy (non-hydrogen) atoms. The molecular formula is C43H70O24. The summed E-state index contributed by atoms with van der Waals surface area (Å²) in [5.74, 6) is -2.02. The fraction of sp³-hybridized carbons (Fsp3) is 0.930. The molecule has 4 aliphatic heterocycles. The molecule has 0 aromatic rings. The Balaban J connectivity index is 1.10. The molecule has 7 aliphatic rings. The Hall–Kier alpha value is -1.67. The summed E-state index contributed by atoms with van der Waals surface area (Å²) in [5.41, 5.74) is 0. The first-order valence-corrected chi connectivity index (χ1v) is 23.3. The van der Waals surface area contributed by atoms with Crippen molar-refractivity contribution in [1.29, 1.82) is 0 Å². The Labute approximate surface area is 386 Å². The number of allylic oxidation sites excluding steroid dienone is 1. The van der Waals surface area contributed by atoms with E-state index in [4.69, 9.17) is 42.6 Å². The number of fused-ring (bicyclic) bond motifs is 1. The van der Waals surface area contributed by atoms with Gasteiger partial charge in [0, 0.05) is 25.5 Å². The smallest absolute Gasteiger partial charge is 0.330 e. The third-order valence-electron chi connectivity index (χ3n) is 14.7. The first-order valence-electron chi connectivity index (χ1n) is 23.3. The molecule has 386 valence electrons. The van der Waals surface area contributed by atoms with Crippen LogP contribution in [0.3, 0.4) is 0 Å². The van der Waals surface area contributed by atoms with E-state index in [1.165, 1.54) is 7.11 Å². The van der Waals surface area contributed by atoms with Gasteiger partial charge in [0.25, 0.3) is 0 Å². The molecular weight excluding hydrogens is 900 g/mol. The molecule has 0 aromatic heterocycles. The largest absolute Gasteiger partial charge is 0.460 e. The summed E-state index contributed by atoms with van der Waals surface area (Å²) >= 11 is 0. The molecule has 12 unspecified atom stereocenters. The Kier molecular flexibility index (Phi) is 18.4. The molecule has 0 amide bonds. The zero-order valence-corrected chi connectivity index (χ0v) is 37.1. The summed E-state index contributed by atoms with van der Waals surface area (Å²) in [7, 11) is 1.46. The van der Waals surface area contributed by atoms with Crippen LogP contribution in [0.15, 0.2) is 12.2 Å². The first kappa shape index (κ1) is 53.1. The van der Waals surface area contributed by atoms with Crippen molar-refractivity contribution in [3.63, 3.8) is 0 Å². The van der Waals surface area contributed by atoms with E-state index in [0.29, 0.717) is 32.1 Å². The Morgan fingerprint density at radius 3 is 1.81 bits per heavy atom. The third kappa shape index (κ3) is 12.0. The monoisotopic (exact) mass is 970 g/mol. The number of carbonyl (C=O) groups excluding carboxylic acids is 1. The molecule has 0 radical (unpaired) electrons. The minimum Gasteiger partial charge on any atom is -0.460 e. The van der Waals surface area contributed by atoms with Crippen molar-refractivity contribution in [2.75, 3.05) is 26.9 Å². The lowest BCUT2D eigenvalue weighted by molar-refractivity contribution is -0.380. The van der Waals surface area contributed by atoms with Crippen molar-refractivity contribution in [2.24, 2.45) is 17.8 Å². The van der Waals surface area contributed by atoms with Gasteiger partial charge in [-0.25, -0.2) is 4.79 Å². The third-order valence-corrected chi connectivity index (χ3v) is 14.7. The van der Waals surface area contributed by atoms with Crippen molar-refractivity contribution >= 4 is 5.97 Å². The van der Waals surface area contributed by atoms with E-state index in [9.17, 15) is 76.3 Å². The summed E-state index contributed by atoms with van der Waals surface area (Å²) in [6.45, 7) is -2.15. The number of aliphatic hydroxyl groups is 14. The lowest BCUT2D eigenvalue weighted by atomic mass is 9.72. The number of hydrogen-bond acceptors (Lipinski definition) is 24. The number of hydrogen-bond donors (Lipinski definition) is 14. The van der Waals surface area contributed by atoms with Gasteiger partial charge >= 0.3 is 5.97 Å². The predicted octanol–water partition coefficient (Wildman–Crippen LogP) is -6.09. The average Bonchev–Trinajstić information content (AvgIpc) is 3.31. The number of esters is 1. The second-order valence-corrected chi connectivity index (χ2v) is 19.1. The van der Waals surface area contributed by atoms with Gasteiger partial charge in [0.15, 0.2) is 18.9 Å². The number of carbonyl (C=O) groups is 1. The van der Waals surface area contributed by atoms with Crippen LogP contribution in [-0.2, 0) is 47.4 Å². The summed E-state index contributed by atoms with van der Waals surface area (Å²) in [4.78, 5) is 12.7. The minimum absolute atomic E-state index is 0.0356. The van der Waals surface area contributed by atoms with Gasteiger partial charge in [-0.1, -0.05) is 6.08 Å². The standard InChI is InChI=1S/C43H70O24/c1-59-25-9-17(4-6-21(25)48)39-26(63-43-40(36(56)32(52)28(14-45)65-43)67-42-38(58)34(54)31(51)27(13-44)64-42)12-19-23(61-39)10-18(46)11-24(19)62-41-37(57)35(55)33(53)29(66-41)15-60-30(50)7-3-16-2-5-20(47)22(49)8-16/h3,7,16-29,31-49,51-58H,2,4-6,8-15H2,1H3/t16?,17?,18?,19?,20?,21?,22?,23?,24?,25?,26?,27-,28-,29-,31-,32-,33-,34+,35+,36+,37-,38-,39?,40-,41-,42+,43-/m1/s1. The SMILES string of the molecule is COC1CC(C2OC3CC(O)CC(O[C@@H]4O[C@H](COC(=O)C=CC5CCC(O)C(O)C5)[C@@H](O)[C@H](O)[C@H]4O)C3CC2O[C@@H]2O[C@H](CO)[C@@H](O)[C@H](O)[C@H]2O[C@@H]2O[C@H](CO)[C@@H](O)[C@H](O)[C@H]2O)CCC1O. The maximum atomic E-state index is 12.7. The lowest BCUT2D eigenvalue weighted by Gasteiger charge is -2.53. The van der Waals surface area contributed by atoms with Gasteiger partial charge in [0.05, 0.1) is 68.1 Å². The lowest BCUT2D eigenvalue weighted by Crippen LogP contribution is -2.66. The quantitative estimate of drug-likeness (QED) is 0.0569. The zero-order valence-electron chi connectivity index (χ0n) is 37.1. The topological polar surface area (TPSA) is 383 Å². The molecule has 14 N–H and O–H groups in total. The Bertz CT molecular complexity index is 1590. The van der Waals surface area contributed by atoms with E-state index >= 15 is 0 Å². The molecule has 3 saturated carbocycles. The highest BCUT2D eigenvalue weighted by molar-refractivity contribution is 5.81. The van der Waals surface area contributed by atoms with Crippen LogP contribution in [0.25, 0.3) is 0 Å². The highest BCUT2D eigenvalue weighted by Crippen LogP contribution is 2.45. The van der Waals surface area contributed by atoms with E-state index in [-0.39, 0.29) is 37.5 Å². The fourth-order valence-corrected chi connectivity index (χ4v) is 10.7. The Morgan fingerprint density at radius 1 is 0.552 bits per heavy atom. The molecule has 3 aliphatic carbocycles. The maximum absolute atomic E-state index is 12.7. The molecule has 4 heterocycles. The summed E-state index contributed by atoms with van der Waals surface area (Å²) in [5, 5.41) is 148. The van der Waals surface area contributed by atoms with Crippen LogP contribution in [0, 0.1) is 17.8 Å². The number of methoxy groups -OCH3 is 1. The first-order chi connectivity index (χ1) is 31.9. The average molecular weight is 971 g/mol. The van der Waals surface area contributed by atoms with Gasteiger partial charge in [-0.2, -0.15) is 0 Å². The molecule has 24 heteroatoms. The van der Waals surface area contributed by atoms with Crippen LogP contribution in [0.2, 0.25) is 0 Å². The van der Waals surface area contributed by atoms with E-state index < -0.39 is 179 Å². The van der Waals surface area contributed by atoms with Crippen molar-refractivity contribution in [3.8, 4) is 0 Å². The molecule has 0 bridgehead atoms. The van der Waals surface area contributed by atoms with E-state index in [0.717, 1.165) is 6.08 Å². The minimum atomic E-state index is -1.92. The second kappa shape index (κ2) is 23.3. The second-order valence-electron chi connectivity index (χ2n) is 19.1. The summed E-state index contributed by atoms with van der Waals surface area (Å²) < 4.78 is 54.0. The van der Waals surface area contributed by atoms with Crippen LogP contribution in [-0.4, -0.2) is 251 Å². The summed E-state index contributed by atoms with van der Waals surface area (Å²) in [6.07, 6.45) is -28.3. The molecule has 0 spiro atoms. The molecule has 24 nitrogen and oxygen atoms in total.